The molecule has 0 aromatic heterocycles. The fourth-order valence-electron chi connectivity index (χ4n) is 2.73. The first kappa shape index (κ1) is 15.8. The largest absolute Gasteiger partial charge is 0.497 e. The second-order valence-electron chi connectivity index (χ2n) is 5.48. The van der Waals surface area contributed by atoms with Gasteiger partial charge in [-0.25, -0.2) is 0 Å². The number of amides is 1. The molecule has 0 bridgehead atoms. The van der Waals surface area contributed by atoms with Gasteiger partial charge >= 0.3 is 0 Å². The van der Waals surface area contributed by atoms with E-state index in [4.69, 9.17) is 4.74 Å². The standard InChI is InChI=1S/C17H17N3O4/c1-24-15-7-5-12(6-8-15)18-16-9-10-19(17(16)21)13-3-2-4-14(11-13)20(22)23/h2-8,11,16,18H,9-10H2,1H3. The minimum absolute atomic E-state index is 0.0214. The number of hydrogen-bond donors (Lipinski definition) is 1. The predicted octanol–water partition coefficient (Wildman–Crippen LogP) is 2.82. The van der Waals surface area contributed by atoms with Crippen LogP contribution in [0.4, 0.5) is 17.1 Å². The van der Waals surface area contributed by atoms with Crippen LogP contribution in [0.2, 0.25) is 0 Å². The Morgan fingerprint density at radius 1 is 1.25 bits per heavy atom. The lowest BCUT2D eigenvalue weighted by Crippen LogP contribution is -2.33. The second kappa shape index (κ2) is 6.57. The minimum Gasteiger partial charge on any atom is -0.497 e. The van der Waals surface area contributed by atoms with Gasteiger partial charge in [0.15, 0.2) is 0 Å². The second-order valence-corrected chi connectivity index (χ2v) is 5.48. The summed E-state index contributed by atoms with van der Waals surface area (Å²) in [4.78, 5) is 24.6. The number of methoxy groups -OCH3 is 1. The molecule has 24 heavy (non-hydrogen) atoms. The molecule has 1 N–H and O–H groups in total. The van der Waals surface area contributed by atoms with Crippen LogP contribution < -0.4 is 15.0 Å². The molecule has 0 spiro atoms. The molecule has 1 heterocycles. The van der Waals surface area contributed by atoms with E-state index in [0.29, 0.717) is 18.7 Å². The highest BCUT2D eigenvalue weighted by Crippen LogP contribution is 2.27. The quantitative estimate of drug-likeness (QED) is 0.674. The zero-order valence-corrected chi connectivity index (χ0v) is 13.1. The van der Waals surface area contributed by atoms with Crippen molar-refractivity contribution in [1.82, 2.24) is 0 Å². The number of benzene rings is 2. The lowest BCUT2D eigenvalue weighted by atomic mass is 10.2. The number of nitrogens with one attached hydrogen (secondary N) is 1. The summed E-state index contributed by atoms with van der Waals surface area (Å²) in [7, 11) is 1.60. The number of hydrogen-bond acceptors (Lipinski definition) is 5. The molecule has 1 fully saturated rings. The normalized spacial score (nSPS) is 17.0. The summed E-state index contributed by atoms with van der Waals surface area (Å²) in [6, 6.07) is 13.1. The summed E-state index contributed by atoms with van der Waals surface area (Å²) < 4.78 is 5.11. The van der Waals surface area contributed by atoms with E-state index in [1.165, 1.54) is 12.1 Å². The molecule has 0 aliphatic carbocycles. The molecule has 124 valence electrons. The molecular weight excluding hydrogens is 310 g/mol. The summed E-state index contributed by atoms with van der Waals surface area (Å²) in [6.07, 6.45) is 0.632. The third-order valence-corrected chi connectivity index (χ3v) is 3.99. The molecule has 2 aromatic carbocycles. The Bertz CT molecular complexity index is 761. The highest BCUT2D eigenvalue weighted by atomic mass is 16.6. The van der Waals surface area contributed by atoms with Crippen LogP contribution in [0.15, 0.2) is 48.5 Å². The van der Waals surface area contributed by atoms with Gasteiger partial charge in [0.25, 0.3) is 5.69 Å². The molecule has 0 radical (unpaired) electrons. The minimum atomic E-state index is -0.461. The van der Waals surface area contributed by atoms with Crippen molar-refractivity contribution in [3.8, 4) is 5.75 Å². The number of nitro benzene ring substituents is 1. The van der Waals surface area contributed by atoms with Crippen LogP contribution in [0.3, 0.4) is 0 Å². The molecule has 2 aromatic rings. The maximum atomic E-state index is 12.6. The van der Waals surface area contributed by atoms with Gasteiger partial charge in [-0.2, -0.15) is 0 Å². The van der Waals surface area contributed by atoms with Crippen molar-refractivity contribution < 1.29 is 14.5 Å². The molecule has 1 saturated heterocycles. The number of nitrogens with zero attached hydrogens (tertiary/aromatic N) is 2. The predicted molar refractivity (Wildman–Crippen MR) is 90.5 cm³/mol. The van der Waals surface area contributed by atoms with Crippen molar-refractivity contribution in [3.05, 3.63) is 58.6 Å². The monoisotopic (exact) mass is 327 g/mol. The Hall–Kier alpha value is -3.09. The van der Waals surface area contributed by atoms with Gasteiger partial charge < -0.3 is 15.0 Å². The van der Waals surface area contributed by atoms with Gasteiger partial charge in [-0.05, 0) is 36.8 Å². The number of anilines is 2. The Morgan fingerprint density at radius 3 is 2.67 bits per heavy atom. The zero-order chi connectivity index (χ0) is 17.1. The van der Waals surface area contributed by atoms with E-state index in [1.807, 2.05) is 24.3 Å². The van der Waals surface area contributed by atoms with Crippen LogP contribution >= 0.6 is 0 Å². The van der Waals surface area contributed by atoms with Crippen molar-refractivity contribution in [2.75, 3.05) is 23.9 Å². The molecule has 7 heteroatoms. The van der Waals surface area contributed by atoms with Gasteiger partial charge in [0.05, 0.1) is 17.7 Å². The van der Waals surface area contributed by atoms with Crippen LogP contribution in [0.5, 0.6) is 5.75 Å². The van der Waals surface area contributed by atoms with Crippen molar-refractivity contribution in [1.29, 1.82) is 0 Å². The lowest BCUT2D eigenvalue weighted by molar-refractivity contribution is -0.384. The van der Waals surface area contributed by atoms with Gasteiger partial charge in [-0.15, -0.1) is 0 Å². The Kier molecular flexibility index (Phi) is 4.33. The third-order valence-electron chi connectivity index (χ3n) is 3.99. The molecule has 1 aliphatic rings. The number of nitro groups is 1. The maximum Gasteiger partial charge on any atom is 0.271 e. The zero-order valence-electron chi connectivity index (χ0n) is 13.1. The number of non-ortho nitro benzene ring substituents is 1. The molecule has 1 aliphatic heterocycles. The number of carbonyl (C=O) groups excluding carboxylic acids is 1. The third kappa shape index (κ3) is 3.15. The first-order chi connectivity index (χ1) is 11.6. The van der Waals surface area contributed by atoms with E-state index in [9.17, 15) is 14.9 Å². The van der Waals surface area contributed by atoms with Crippen molar-refractivity contribution in [2.24, 2.45) is 0 Å². The Labute approximate surface area is 139 Å². The molecule has 7 nitrogen and oxygen atoms in total. The lowest BCUT2D eigenvalue weighted by Gasteiger charge is -2.17. The van der Waals surface area contributed by atoms with Crippen LogP contribution in [0.1, 0.15) is 6.42 Å². The number of carbonyl (C=O) groups is 1. The summed E-state index contributed by atoms with van der Waals surface area (Å²) in [5.74, 6) is 0.655. The van der Waals surface area contributed by atoms with Gasteiger partial charge in [0.2, 0.25) is 5.91 Å². The van der Waals surface area contributed by atoms with Gasteiger partial charge in [0, 0.05) is 24.4 Å². The van der Waals surface area contributed by atoms with Crippen LogP contribution in [0.25, 0.3) is 0 Å². The van der Waals surface area contributed by atoms with E-state index in [2.05, 4.69) is 5.32 Å². The fourth-order valence-corrected chi connectivity index (χ4v) is 2.73. The summed E-state index contributed by atoms with van der Waals surface area (Å²) in [5.41, 5.74) is 1.36. The van der Waals surface area contributed by atoms with E-state index < -0.39 is 4.92 Å². The summed E-state index contributed by atoms with van der Waals surface area (Å²) in [5, 5.41) is 14.1. The Morgan fingerprint density at radius 2 is 2.00 bits per heavy atom. The van der Waals surface area contributed by atoms with E-state index in [-0.39, 0.29) is 17.6 Å². The molecule has 0 saturated carbocycles. The maximum absolute atomic E-state index is 12.6. The molecule has 1 atom stereocenters. The fraction of sp³-hybridized carbons (Fsp3) is 0.235. The van der Waals surface area contributed by atoms with Crippen molar-refractivity contribution in [2.45, 2.75) is 12.5 Å². The SMILES string of the molecule is COc1ccc(NC2CCN(c3cccc([N+](=O)[O-])c3)C2=O)cc1. The van der Waals surface area contributed by atoms with Crippen LogP contribution in [-0.4, -0.2) is 30.5 Å². The number of ether oxygens (including phenoxy) is 1. The van der Waals surface area contributed by atoms with Crippen molar-refractivity contribution >= 4 is 23.0 Å². The van der Waals surface area contributed by atoms with Crippen LogP contribution in [0, 0.1) is 10.1 Å². The number of rotatable bonds is 5. The molecule has 1 amide bonds. The first-order valence-corrected chi connectivity index (χ1v) is 7.55. The smallest absolute Gasteiger partial charge is 0.271 e. The van der Waals surface area contributed by atoms with Crippen LogP contribution in [-0.2, 0) is 4.79 Å². The highest BCUT2D eigenvalue weighted by molar-refractivity contribution is 6.01. The van der Waals surface area contributed by atoms with Gasteiger partial charge in [-0.1, -0.05) is 6.07 Å². The van der Waals surface area contributed by atoms with E-state index in [1.54, 1.807) is 24.1 Å². The van der Waals surface area contributed by atoms with E-state index in [0.717, 1.165) is 11.4 Å². The molecule has 3 rings (SSSR count). The van der Waals surface area contributed by atoms with E-state index >= 15 is 0 Å². The molecule has 1 unspecified atom stereocenters. The van der Waals surface area contributed by atoms with Gasteiger partial charge in [0.1, 0.15) is 11.8 Å². The highest BCUT2D eigenvalue weighted by Gasteiger charge is 2.33. The first-order valence-electron chi connectivity index (χ1n) is 7.55. The Balaban J connectivity index is 1.72. The topological polar surface area (TPSA) is 84.7 Å². The summed E-state index contributed by atoms with van der Waals surface area (Å²) in [6.45, 7) is 0.522. The average molecular weight is 327 g/mol. The molecular formula is C17H17N3O4. The average Bonchev–Trinajstić information content (AvgIpc) is 2.96. The summed E-state index contributed by atoms with van der Waals surface area (Å²) >= 11 is 0. The van der Waals surface area contributed by atoms with Crippen molar-refractivity contribution in [3.63, 3.8) is 0 Å². The van der Waals surface area contributed by atoms with Gasteiger partial charge in [-0.3, -0.25) is 14.9 Å².